The molecular formula is C17H15Cl3N4. The number of benzene rings is 2. The molecule has 24 heavy (non-hydrogen) atoms. The number of anilines is 1. The van der Waals surface area contributed by atoms with Gasteiger partial charge in [-0.1, -0.05) is 34.8 Å². The van der Waals surface area contributed by atoms with Crippen molar-refractivity contribution in [2.24, 2.45) is 10.2 Å². The molecule has 0 aliphatic rings. The Morgan fingerprint density at radius 1 is 1.04 bits per heavy atom. The molecule has 2 aromatic rings. The SMILES string of the molecule is CCN(CCC#N)c1ccc(N=Nc2c(Cl)cc(Cl)cc2Cl)cc1. The van der Waals surface area contributed by atoms with Crippen LogP contribution in [-0.2, 0) is 0 Å². The van der Waals surface area contributed by atoms with Crippen LogP contribution in [0.5, 0.6) is 0 Å². The van der Waals surface area contributed by atoms with Gasteiger partial charge in [-0.15, -0.1) is 5.11 Å². The Bertz CT molecular complexity index is 743. The molecule has 4 nitrogen and oxygen atoms in total. The summed E-state index contributed by atoms with van der Waals surface area (Å²) in [4.78, 5) is 2.12. The van der Waals surface area contributed by atoms with E-state index in [1.807, 2.05) is 24.3 Å². The van der Waals surface area contributed by atoms with Crippen molar-refractivity contribution in [2.45, 2.75) is 13.3 Å². The van der Waals surface area contributed by atoms with E-state index in [1.54, 1.807) is 12.1 Å². The molecule has 0 saturated carbocycles. The molecule has 0 unspecified atom stereocenters. The molecule has 2 rings (SSSR count). The molecule has 0 atom stereocenters. The quantitative estimate of drug-likeness (QED) is 0.516. The van der Waals surface area contributed by atoms with Gasteiger partial charge in [0.1, 0.15) is 5.69 Å². The van der Waals surface area contributed by atoms with E-state index < -0.39 is 0 Å². The Hall–Kier alpha value is -1.80. The Labute approximate surface area is 156 Å². The van der Waals surface area contributed by atoms with Gasteiger partial charge in [0.05, 0.1) is 28.2 Å². The van der Waals surface area contributed by atoms with Crippen LogP contribution in [-0.4, -0.2) is 13.1 Å². The van der Waals surface area contributed by atoms with Crippen LogP contribution in [0, 0.1) is 11.3 Å². The molecular weight excluding hydrogens is 367 g/mol. The van der Waals surface area contributed by atoms with Crippen molar-refractivity contribution in [3.8, 4) is 6.07 Å². The smallest absolute Gasteiger partial charge is 0.123 e. The molecule has 0 saturated heterocycles. The van der Waals surface area contributed by atoms with Crippen LogP contribution < -0.4 is 4.90 Å². The maximum absolute atomic E-state index is 8.71. The highest BCUT2D eigenvalue weighted by molar-refractivity contribution is 6.41. The number of nitrogens with zero attached hydrogens (tertiary/aromatic N) is 4. The summed E-state index contributed by atoms with van der Waals surface area (Å²) in [6.07, 6.45) is 0.489. The third kappa shape index (κ3) is 4.85. The molecule has 0 bridgehead atoms. The molecule has 0 fully saturated rings. The van der Waals surface area contributed by atoms with Crippen molar-refractivity contribution in [2.75, 3.05) is 18.0 Å². The van der Waals surface area contributed by atoms with Gasteiger partial charge in [0.2, 0.25) is 0 Å². The van der Waals surface area contributed by atoms with Crippen LogP contribution in [0.25, 0.3) is 0 Å². The Kier molecular flexibility index (Phi) is 6.86. The van der Waals surface area contributed by atoms with Crippen LogP contribution in [0.2, 0.25) is 15.1 Å². The van der Waals surface area contributed by atoms with E-state index in [0.717, 1.165) is 12.2 Å². The van der Waals surface area contributed by atoms with Gasteiger partial charge in [0.15, 0.2) is 0 Å². The van der Waals surface area contributed by atoms with Gasteiger partial charge in [-0.2, -0.15) is 10.4 Å². The molecule has 0 spiro atoms. The first-order chi connectivity index (χ1) is 11.5. The lowest BCUT2D eigenvalue weighted by atomic mass is 10.2. The third-order valence-electron chi connectivity index (χ3n) is 3.34. The Balaban J connectivity index is 2.16. The summed E-state index contributed by atoms with van der Waals surface area (Å²) in [5, 5.41) is 18.1. The number of hydrogen-bond donors (Lipinski definition) is 0. The molecule has 0 aliphatic heterocycles. The van der Waals surface area contributed by atoms with Gasteiger partial charge in [-0.05, 0) is 43.3 Å². The van der Waals surface area contributed by atoms with Gasteiger partial charge in [-0.25, -0.2) is 0 Å². The zero-order valence-electron chi connectivity index (χ0n) is 13.0. The second kappa shape index (κ2) is 8.89. The Morgan fingerprint density at radius 3 is 2.21 bits per heavy atom. The maximum atomic E-state index is 8.71. The monoisotopic (exact) mass is 380 g/mol. The zero-order chi connectivity index (χ0) is 17.5. The summed E-state index contributed by atoms with van der Waals surface area (Å²) in [5.41, 5.74) is 2.10. The second-order valence-corrected chi connectivity index (χ2v) is 6.17. The summed E-state index contributed by atoms with van der Waals surface area (Å²) < 4.78 is 0. The largest absolute Gasteiger partial charge is 0.371 e. The fourth-order valence-corrected chi connectivity index (χ4v) is 3.02. The first-order valence-corrected chi connectivity index (χ1v) is 8.46. The molecule has 0 amide bonds. The van der Waals surface area contributed by atoms with Crippen molar-refractivity contribution in [3.05, 3.63) is 51.5 Å². The van der Waals surface area contributed by atoms with E-state index in [4.69, 9.17) is 40.1 Å². The topological polar surface area (TPSA) is 51.8 Å². The molecule has 0 N–H and O–H groups in total. The lowest BCUT2D eigenvalue weighted by Crippen LogP contribution is -2.23. The predicted molar refractivity (Wildman–Crippen MR) is 100 cm³/mol. The van der Waals surface area contributed by atoms with E-state index in [-0.39, 0.29) is 0 Å². The average molecular weight is 382 g/mol. The maximum Gasteiger partial charge on any atom is 0.123 e. The van der Waals surface area contributed by atoms with Gasteiger partial charge in [-0.3, -0.25) is 0 Å². The molecule has 0 aliphatic carbocycles. The minimum absolute atomic E-state index is 0.349. The molecule has 7 heteroatoms. The predicted octanol–water partition coefficient (Wildman–Crippen LogP) is 6.80. The van der Waals surface area contributed by atoms with Crippen molar-refractivity contribution in [1.29, 1.82) is 5.26 Å². The summed E-state index contributed by atoms with van der Waals surface area (Å²) in [7, 11) is 0. The van der Waals surface area contributed by atoms with Crippen molar-refractivity contribution in [1.82, 2.24) is 0 Å². The van der Waals surface area contributed by atoms with Gasteiger partial charge >= 0.3 is 0 Å². The first-order valence-electron chi connectivity index (χ1n) is 7.33. The van der Waals surface area contributed by atoms with Crippen LogP contribution >= 0.6 is 34.8 Å². The normalized spacial score (nSPS) is 10.8. The summed E-state index contributed by atoms with van der Waals surface area (Å²) >= 11 is 18.0. The molecule has 0 aromatic heterocycles. The van der Waals surface area contributed by atoms with Crippen LogP contribution in [0.1, 0.15) is 13.3 Å². The number of nitriles is 1. The molecule has 2 aromatic carbocycles. The van der Waals surface area contributed by atoms with E-state index in [0.29, 0.717) is 39.4 Å². The average Bonchev–Trinajstić information content (AvgIpc) is 2.55. The van der Waals surface area contributed by atoms with E-state index in [9.17, 15) is 0 Å². The van der Waals surface area contributed by atoms with E-state index in [1.165, 1.54) is 0 Å². The van der Waals surface area contributed by atoms with Gasteiger partial charge < -0.3 is 4.90 Å². The fraction of sp³-hybridized carbons (Fsp3) is 0.235. The number of azo groups is 1. The molecule has 124 valence electrons. The number of halogens is 3. The first kappa shape index (κ1) is 18.5. The minimum Gasteiger partial charge on any atom is -0.371 e. The van der Waals surface area contributed by atoms with Crippen LogP contribution in [0.3, 0.4) is 0 Å². The molecule has 0 heterocycles. The summed E-state index contributed by atoms with van der Waals surface area (Å²) in [6.45, 7) is 3.58. The van der Waals surface area contributed by atoms with Crippen LogP contribution in [0.15, 0.2) is 46.6 Å². The van der Waals surface area contributed by atoms with Crippen LogP contribution in [0.4, 0.5) is 17.1 Å². The second-order valence-electron chi connectivity index (χ2n) is 4.92. The van der Waals surface area contributed by atoms with E-state index >= 15 is 0 Å². The third-order valence-corrected chi connectivity index (χ3v) is 4.13. The summed E-state index contributed by atoms with van der Waals surface area (Å²) in [5.74, 6) is 0. The Morgan fingerprint density at radius 2 is 1.67 bits per heavy atom. The van der Waals surface area contributed by atoms with E-state index in [2.05, 4.69) is 28.1 Å². The standard InChI is InChI=1S/C17H15Cl3N4/c1-2-24(9-3-8-21)14-6-4-13(5-7-14)22-23-17-15(19)10-12(18)11-16(17)20/h4-7,10-11H,2-3,9H2,1H3. The van der Waals surface area contributed by atoms with Crippen molar-refractivity contribution >= 4 is 51.9 Å². The van der Waals surface area contributed by atoms with Crippen molar-refractivity contribution in [3.63, 3.8) is 0 Å². The van der Waals surface area contributed by atoms with Gasteiger partial charge in [0.25, 0.3) is 0 Å². The highest BCUT2D eigenvalue weighted by Crippen LogP contribution is 2.37. The lowest BCUT2D eigenvalue weighted by molar-refractivity contribution is 0.827. The fourth-order valence-electron chi connectivity index (χ4n) is 2.12. The lowest BCUT2D eigenvalue weighted by Gasteiger charge is -2.21. The minimum atomic E-state index is 0.349. The number of rotatable bonds is 6. The summed E-state index contributed by atoms with van der Waals surface area (Å²) in [6, 6.07) is 12.9. The highest BCUT2D eigenvalue weighted by Gasteiger charge is 2.07. The van der Waals surface area contributed by atoms with Crippen molar-refractivity contribution < 1.29 is 0 Å². The zero-order valence-corrected chi connectivity index (χ0v) is 15.3. The number of hydrogen-bond acceptors (Lipinski definition) is 4. The highest BCUT2D eigenvalue weighted by atomic mass is 35.5. The molecule has 0 radical (unpaired) electrons. The van der Waals surface area contributed by atoms with Gasteiger partial charge in [0, 0.05) is 23.8 Å².